The van der Waals surface area contributed by atoms with Gasteiger partial charge in [-0.3, -0.25) is 0 Å². The normalized spacial score (nSPS) is 14.9. The Hall–Kier alpha value is -0.910. The second-order valence-electron chi connectivity index (χ2n) is 4.31. The van der Waals surface area contributed by atoms with E-state index in [9.17, 15) is 5.11 Å². The van der Waals surface area contributed by atoms with Crippen molar-refractivity contribution < 1.29 is 5.11 Å². The molecule has 0 radical (unpaired) electrons. The number of nitrogens with zero attached hydrogens (tertiary/aromatic N) is 3. The van der Waals surface area contributed by atoms with Gasteiger partial charge in [-0.2, -0.15) is 0 Å². The van der Waals surface area contributed by atoms with Crippen molar-refractivity contribution in [2.45, 2.75) is 12.5 Å². The molecule has 1 unspecified atom stereocenters. The molecule has 1 heterocycles. The molecule has 5 nitrogen and oxygen atoms in total. The van der Waals surface area contributed by atoms with Gasteiger partial charge in [-0.1, -0.05) is 11.6 Å². The van der Waals surface area contributed by atoms with Gasteiger partial charge in [0.25, 0.3) is 0 Å². The summed E-state index contributed by atoms with van der Waals surface area (Å²) in [6, 6.07) is 0. The molecule has 1 atom stereocenters. The van der Waals surface area contributed by atoms with Crippen molar-refractivity contribution in [3.05, 3.63) is 17.4 Å². The standard InChI is InChI=1S/C10H17ClN4O/c1-10(16,7-15(2)3)6-14-9-12-4-8(11)5-13-9/h4-5,16H,6-7H2,1-3H3,(H,12,13,14). The van der Waals surface area contributed by atoms with E-state index >= 15 is 0 Å². The van der Waals surface area contributed by atoms with Gasteiger partial charge in [-0.25, -0.2) is 9.97 Å². The van der Waals surface area contributed by atoms with E-state index in [4.69, 9.17) is 11.6 Å². The number of rotatable bonds is 5. The number of hydrogen-bond acceptors (Lipinski definition) is 5. The van der Waals surface area contributed by atoms with Crippen molar-refractivity contribution in [1.29, 1.82) is 0 Å². The van der Waals surface area contributed by atoms with Gasteiger partial charge in [0.15, 0.2) is 0 Å². The van der Waals surface area contributed by atoms with Crippen molar-refractivity contribution in [2.24, 2.45) is 0 Å². The van der Waals surface area contributed by atoms with E-state index in [1.807, 2.05) is 19.0 Å². The molecule has 0 saturated carbocycles. The molecule has 0 saturated heterocycles. The van der Waals surface area contributed by atoms with Crippen molar-refractivity contribution in [3.63, 3.8) is 0 Å². The maximum Gasteiger partial charge on any atom is 0.222 e. The summed E-state index contributed by atoms with van der Waals surface area (Å²) >= 11 is 5.66. The average Bonchev–Trinajstić information content (AvgIpc) is 2.15. The molecule has 1 rings (SSSR count). The monoisotopic (exact) mass is 244 g/mol. The highest BCUT2D eigenvalue weighted by atomic mass is 35.5. The molecule has 0 fully saturated rings. The molecule has 16 heavy (non-hydrogen) atoms. The number of hydrogen-bond donors (Lipinski definition) is 2. The van der Waals surface area contributed by atoms with E-state index in [-0.39, 0.29) is 0 Å². The molecule has 0 aliphatic heterocycles. The van der Waals surface area contributed by atoms with E-state index in [1.54, 1.807) is 6.92 Å². The first-order chi connectivity index (χ1) is 7.39. The third-order valence-electron chi connectivity index (χ3n) is 1.90. The first-order valence-corrected chi connectivity index (χ1v) is 5.35. The summed E-state index contributed by atoms with van der Waals surface area (Å²) in [5.74, 6) is 0.462. The molecule has 0 amide bonds. The van der Waals surface area contributed by atoms with Crippen LogP contribution in [0, 0.1) is 0 Å². The molecule has 1 aromatic heterocycles. The van der Waals surface area contributed by atoms with Gasteiger partial charge in [0, 0.05) is 13.1 Å². The smallest absolute Gasteiger partial charge is 0.222 e. The molecular weight excluding hydrogens is 228 g/mol. The number of nitrogens with one attached hydrogen (secondary N) is 1. The van der Waals surface area contributed by atoms with Crippen molar-refractivity contribution in [1.82, 2.24) is 14.9 Å². The van der Waals surface area contributed by atoms with Crippen LogP contribution in [0.15, 0.2) is 12.4 Å². The highest BCUT2D eigenvalue weighted by Gasteiger charge is 2.21. The highest BCUT2D eigenvalue weighted by Crippen LogP contribution is 2.08. The minimum atomic E-state index is -0.827. The lowest BCUT2D eigenvalue weighted by molar-refractivity contribution is 0.0458. The second kappa shape index (κ2) is 5.43. The van der Waals surface area contributed by atoms with E-state index < -0.39 is 5.60 Å². The zero-order valence-corrected chi connectivity index (χ0v) is 10.5. The third-order valence-corrected chi connectivity index (χ3v) is 2.10. The predicted molar refractivity (Wildman–Crippen MR) is 64.7 cm³/mol. The minimum Gasteiger partial charge on any atom is -0.387 e. The molecule has 6 heteroatoms. The lowest BCUT2D eigenvalue weighted by atomic mass is 10.1. The van der Waals surface area contributed by atoms with Gasteiger partial charge in [0.1, 0.15) is 0 Å². The van der Waals surface area contributed by atoms with Crippen molar-refractivity contribution in [2.75, 3.05) is 32.5 Å². The molecule has 1 aromatic rings. The lowest BCUT2D eigenvalue weighted by Crippen LogP contribution is -2.43. The highest BCUT2D eigenvalue weighted by molar-refractivity contribution is 6.30. The Balaban J connectivity index is 2.47. The summed E-state index contributed by atoms with van der Waals surface area (Å²) in [5.41, 5.74) is -0.827. The first-order valence-electron chi connectivity index (χ1n) is 4.97. The number of aromatic nitrogens is 2. The number of anilines is 1. The molecular formula is C10H17ClN4O. The Morgan fingerprint density at radius 3 is 2.50 bits per heavy atom. The van der Waals surface area contributed by atoms with Gasteiger partial charge >= 0.3 is 0 Å². The Bertz CT molecular complexity index is 326. The van der Waals surface area contributed by atoms with Crippen molar-refractivity contribution in [3.8, 4) is 0 Å². The Labute approximate surface area is 100 Å². The zero-order valence-electron chi connectivity index (χ0n) is 9.74. The molecule has 2 N–H and O–H groups in total. The number of aliphatic hydroxyl groups is 1. The molecule has 0 aliphatic carbocycles. The average molecular weight is 245 g/mol. The summed E-state index contributed by atoms with van der Waals surface area (Å²) in [4.78, 5) is 9.88. The van der Waals surface area contributed by atoms with Crippen molar-refractivity contribution >= 4 is 17.5 Å². The lowest BCUT2D eigenvalue weighted by Gasteiger charge is -2.26. The van der Waals surface area contributed by atoms with Crippen LogP contribution in [0.4, 0.5) is 5.95 Å². The van der Waals surface area contributed by atoms with Gasteiger partial charge in [0.05, 0.1) is 23.0 Å². The third kappa shape index (κ3) is 4.74. The summed E-state index contributed by atoms with van der Waals surface area (Å²) in [6.45, 7) is 2.70. The van der Waals surface area contributed by atoms with Crippen LogP contribution < -0.4 is 5.32 Å². The maximum atomic E-state index is 10.0. The van der Waals surface area contributed by atoms with Crippen LogP contribution in [0.5, 0.6) is 0 Å². The molecule has 90 valence electrons. The van der Waals surface area contributed by atoms with Gasteiger partial charge in [0.2, 0.25) is 5.95 Å². The van der Waals surface area contributed by atoms with Gasteiger partial charge in [-0.05, 0) is 21.0 Å². The summed E-state index contributed by atoms with van der Waals surface area (Å²) in [7, 11) is 3.82. The largest absolute Gasteiger partial charge is 0.387 e. The quantitative estimate of drug-likeness (QED) is 0.804. The fourth-order valence-corrected chi connectivity index (χ4v) is 1.51. The number of likely N-dealkylation sites (N-methyl/N-ethyl adjacent to an activating group) is 1. The second-order valence-corrected chi connectivity index (χ2v) is 4.75. The van der Waals surface area contributed by atoms with Crippen LogP contribution in [0.1, 0.15) is 6.92 Å². The van der Waals surface area contributed by atoms with Crippen LogP contribution in [0.3, 0.4) is 0 Å². The van der Waals surface area contributed by atoms with E-state index in [1.165, 1.54) is 12.4 Å². The summed E-state index contributed by atoms with van der Waals surface area (Å²) in [5, 5.41) is 13.5. The van der Waals surface area contributed by atoms with Crippen LogP contribution in [-0.4, -0.2) is 52.8 Å². The van der Waals surface area contributed by atoms with Crippen LogP contribution >= 0.6 is 11.6 Å². The van der Waals surface area contributed by atoms with E-state index in [0.717, 1.165) is 0 Å². The van der Waals surface area contributed by atoms with Crippen LogP contribution in [0.25, 0.3) is 0 Å². The Morgan fingerprint density at radius 1 is 1.44 bits per heavy atom. The fourth-order valence-electron chi connectivity index (χ4n) is 1.41. The SMILES string of the molecule is CN(C)CC(C)(O)CNc1ncc(Cl)cn1. The maximum absolute atomic E-state index is 10.0. The van der Waals surface area contributed by atoms with Gasteiger partial charge < -0.3 is 15.3 Å². The number of halogens is 1. The van der Waals surface area contributed by atoms with Gasteiger partial charge in [-0.15, -0.1) is 0 Å². The first kappa shape index (κ1) is 13.2. The molecule has 0 bridgehead atoms. The molecule has 0 aromatic carbocycles. The Morgan fingerprint density at radius 2 is 2.00 bits per heavy atom. The molecule has 0 aliphatic rings. The topological polar surface area (TPSA) is 61.3 Å². The van der Waals surface area contributed by atoms with Crippen LogP contribution in [0.2, 0.25) is 5.02 Å². The fraction of sp³-hybridized carbons (Fsp3) is 0.600. The Kier molecular flexibility index (Phi) is 4.46. The van der Waals surface area contributed by atoms with Crippen LogP contribution in [-0.2, 0) is 0 Å². The molecule has 0 spiro atoms. The van der Waals surface area contributed by atoms with E-state index in [2.05, 4.69) is 15.3 Å². The minimum absolute atomic E-state index is 0.382. The zero-order chi connectivity index (χ0) is 12.2. The van der Waals surface area contributed by atoms with E-state index in [0.29, 0.717) is 24.1 Å². The summed E-state index contributed by atoms with van der Waals surface area (Å²) in [6.07, 6.45) is 3.02. The predicted octanol–water partition coefficient (Wildman–Crippen LogP) is 0.854. The summed E-state index contributed by atoms with van der Waals surface area (Å²) < 4.78 is 0.